The molecule has 0 aliphatic carbocycles. The van der Waals surface area contributed by atoms with Crippen molar-refractivity contribution in [3.05, 3.63) is 12.2 Å². The Hall–Kier alpha value is -1.25. The molecule has 0 radical (unpaired) electrons. The highest BCUT2D eigenvalue weighted by atomic mass is 31.2. The minimum absolute atomic E-state index is 0.0305. The second kappa shape index (κ2) is 24.4. The highest BCUT2D eigenvalue weighted by Crippen LogP contribution is 2.43. The maximum atomic E-state index is 12.4. The molecule has 0 heterocycles. The smallest absolute Gasteiger partial charge is 0.462 e. The van der Waals surface area contributed by atoms with Gasteiger partial charge in [0.1, 0.15) is 19.8 Å². The van der Waals surface area contributed by atoms with Crippen molar-refractivity contribution >= 4 is 19.8 Å². The molecule has 0 amide bonds. The molecule has 0 rings (SSSR count). The van der Waals surface area contributed by atoms with Crippen LogP contribution in [0, 0.1) is 0 Å². The van der Waals surface area contributed by atoms with Crippen LogP contribution >= 0.6 is 7.82 Å². The van der Waals surface area contributed by atoms with Gasteiger partial charge in [0.2, 0.25) is 0 Å². The van der Waals surface area contributed by atoms with E-state index in [1.165, 1.54) is 44.9 Å². The molecule has 0 aromatic rings. The van der Waals surface area contributed by atoms with E-state index in [4.69, 9.17) is 18.5 Å². The summed E-state index contributed by atoms with van der Waals surface area (Å²) in [5, 5.41) is 0. The van der Waals surface area contributed by atoms with Crippen molar-refractivity contribution < 1.29 is 42.1 Å². The Balaban J connectivity index is 4.22. The van der Waals surface area contributed by atoms with E-state index in [9.17, 15) is 19.0 Å². The fourth-order valence-electron chi connectivity index (χ4n) is 3.81. The van der Waals surface area contributed by atoms with Gasteiger partial charge in [-0.3, -0.25) is 18.6 Å². The summed E-state index contributed by atoms with van der Waals surface area (Å²) >= 11 is 0. The first kappa shape index (κ1) is 38.8. The average Bonchev–Trinajstić information content (AvgIpc) is 2.87. The second-order valence-electron chi connectivity index (χ2n) is 11.5. The number of ether oxygens (including phenoxy) is 2. The van der Waals surface area contributed by atoms with E-state index in [1.54, 1.807) is 0 Å². The number of phosphoric ester groups is 1. The van der Waals surface area contributed by atoms with Crippen LogP contribution in [0.1, 0.15) is 117 Å². The zero-order valence-electron chi connectivity index (χ0n) is 26.1. The molecule has 0 aliphatic heterocycles. The van der Waals surface area contributed by atoms with E-state index in [2.05, 4.69) is 19.1 Å². The lowest BCUT2D eigenvalue weighted by Gasteiger charge is -2.24. The van der Waals surface area contributed by atoms with E-state index in [0.29, 0.717) is 23.9 Å². The number of nitrogens with zero attached hydrogens (tertiary/aromatic N) is 1. The number of hydrogen-bond acceptors (Lipinski definition) is 7. The van der Waals surface area contributed by atoms with Gasteiger partial charge in [-0.25, -0.2) is 4.57 Å². The normalized spacial score (nSPS) is 14.2. The number of quaternary nitrogens is 1. The number of phosphoric acid groups is 1. The minimum atomic E-state index is -4.34. The standard InChI is InChI=1S/C30H58NO8P/c1-6-8-9-10-11-12-13-14-15-16-17-18-19-20-21-23-30(33)39-28(26-36-29(32)22-7-2)27-38-40(34,35)37-25-24-31(3,4)5/h14-15,28H,6-13,16-27H2,1-5H3/p+1/b15-14-/t28-/m1/s1. The van der Waals surface area contributed by atoms with Gasteiger partial charge in [0.15, 0.2) is 6.10 Å². The number of allylic oxidation sites excluding steroid dienone is 2. The molecule has 1 N–H and O–H groups in total. The molecule has 2 atom stereocenters. The van der Waals surface area contributed by atoms with Crippen LogP contribution in [0.25, 0.3) is 0 Å². The third-order valence-electron chi connectivity index (χ3n) is 6.27. The van der Waals surface area contributed by atoms with Crippen molar-refractivity contribution in [1.29, 1.82) is 0 Å². The third kappa shape index (κ3) is 26.9. The predicted molar refractivity (Wildman–Crippen MR) is 160 cm³/mol. The van der Waals surface area contributed by atoms with Gasteiger partial charge in [-0.15, -0.1) is 0 Å². The van der Waals surface area contributed by atoms with Crippen LogP contribution in [0.5, 0.6) is 0 Å². The Kier molecular flexibility index (Phi) is 23.6. The summed E-state index contributed by atoms with van der Waals surface area (Å²) in [6.07, 6.45) is 19.9. The van der Waals surface area contributed by atoms with Crippen LogP contribution in [0.3, 0.4) is 0 Å². The van der Waals surface area contributed by atoms with Crippen LogP contribution in [-0.2, 0) is 32.7 Å². The molecule has 0 aliphatic rings. The van der Waals surface area contributed by atoms with E-state index >= 15 is 0 Å². The Morgan fingerprint density at radius 1 is 0.750 bits per heavy atom. The van der Waals surface area contributed by atoms with Gasteiger partial charge < -0.3 is 18.9 Å². The van der Waals surface area contributed by atoms with Crippen LogP contribution < -0.4 is 0 Å². The van der Waals surface area contributed by atoms with Crippen LogP contribution in [-0.4, -0.2) is 74.9 Å². The van der Waals surface area contributed by atoms with Gasteiger partial charge in [0.05, 0.1) is 27.7 Å². The first-order valence-corrected chi connectivity index (χ1v) is 16.9. The predicted octanol–water partition coefficient (Wildman–Crippen LogP) is 7.12. The molecular formula is C30H59NO8P+. The summed E-state index contributed by atoms with van der Waals surface area (Å²) in [4.78, 5) is 34.1. The van der Waals surface area contributed by atoms with Gasteiger partial charge in [0, 0.05) is 12.8 Å². The lowest BCUT2D eigenvalue weighted by atomic mass is 10.1. The van der Waals surface area contributed by atoms with Crippen molar-refractivity contribution in [3.63, 3.8) is 0 Å². The maximum Gasteiger partial charge on any atom is 0.472 e. The largest absolute Gasteiger partial charge is 0.472 e. The van der Waals surface area contributed by atoms with E-state index in [1.807, 2.05) is 28.1 Å². The monoisotopic (exact) mass is 592 g/mol. The third-order valence-corrected chi connectivity index (χ3v) is 7.25. The summed E-state index contributed by atoms with van der Waals surface area (Å²) in [6.45, 7) is 3.99. The van der Waals surface area contributed by atoms with Gasteiger partial charge in [-0.1, -0.05) is 77.4 Å². The summed E-state index contributed by atoms with van der Waals surface area (Å²) in [5.41, 5.74) is 0. The topological polar surface area (TPSA) is 108 Å². The van der Waals surface area contributed by atoms with Crippen LogP contribution in [0.2, 0.25) is 0 Å². The highest BCUT2D eigenvalue weighted by molar-refractivity contribution is 7.47. The number of esters is 2. The maximum absolute atomic E-state index is 12.4. The fraction of sp³-hybridized carbons (Fsp3) is 0.867. The van der Waals surface area contributed by atoms with Gasteiger partial charge >= 0.3 is 19.8 Å². The van der Waals surface area contributed by atoms with Crippen molar-refractivity contribution in [1.82, 2.24) is 0 Å². The van der Waals surface area contributed by atoms with E-state index in [0.717, 1.165) is 32.1 Å². The molecule has 0 fully saturated rings. The fourth-order valence-corrected chi connectivity index (χ4v) is 4.55. The molecule has 0 saturated carbocycles. The number of carbonyl (C=O) groups excluding carboxylic acids is 2. The first-order valence-electron chi connectivity index (χ1n) is 15.4. The number of rotatable bonds is 27. The molecule has 0 aromatic heterocycles. The lowest BCUT2D eigenvalue weighted by molar-refractivity contribution is -0.870. The molecule has 0 spiro atoms. The Morgan fingerprint density at radius 3 is 1.90 bits per heavy atom. The summed E-state index contributed by atoms with van der Waals surface area (Å²) in [6, 6.07) is 0. The van der Waals surface area contributed by atoms with E-state index in [-0.39, 0.29) is 26.1 Å². The van der Waals surface area contributed by atoms with Crippen molar-refractivity contribution in [3.8, 4) is 0 Å². The van der Waals surface area contributed by atoms with Gasteiger partial charge in [-0.2, -0.15) is 0 Å². The molecule has 0 saturated heterocycles. The Labute approximate surface area is 244 Å². The molecule has 9 nitrogen and oxygen atoms in total. The lowest BCUT2D eigenvalue weighted by Crippen LogP contribution is -2.37. The van der Waals surface area contributed by atoms with Crippen LogP contribution in [0.4, 0.5) is 0 Å². The van der Waals surface area contributed by atoms with Gasteiger partial charge in [0.25, 0.3) is 0 Å². The van der Waals surface area contributed by atoms with Crippen molar-refractivity contribution in [2.75, 3.05) is 47.5 Å². The van der Waals surface area contributed by atoms with Crippen molar-refractivity contribution in [2.24, 2.45) is 0 Å². The summed E-state index contributed by atoms with van der Waals surface area (Å²) in [5.74, 6) is -0.872. The zero-order valence-corrected chi connectivity index (χ0v) is 27.0. The summed E-state index contributed by atoms with van der Waals surface area (Å²) < 4.78 is 33.4. The SMILES string of the molecule is CCCCCCCC/C=C\CCCCCCCC(=O)O[C@H](COC(=O)CCC)COP(=O)(O)OCC[N+](C)(C)C. The van der Waals surface area contributed by atoms with Gasteiger partial charge in [-0.05, 0) is 38.5 Å². The highest BCUT2D eigenvalue weighted by Gasteiger charge is 2.26. The number of unbranched alkanes of at least 4 members (excludes halogenated alkanes) is 11. The van der Waals surface area contributed by atoms with Crippen LogP contribution in [0.15, 0.2) is 12.2 Å². The number of likely N-dealkylation sites (N-methyl/N-ethyl adjacent to an activating group) is 1. The molecule has 236 valence electrons. The molecule has 0 aromatic carbocycles. The molecule has 40 heavy (non-hydrogen) atoms. The first-order chi connectivity index (χ1) is 19.0. The second-order valence-corrected chi connectivity index (χ2v) is 12.9. The van der Waals surface area contributed by atoms with E-state index < -0.39 is 32.5 Å². The summed E-state index contributed by atoms with van der Waals surface area (Å²) in [7, 11) is 1.46. The van der Waals surface area contributed by atoms with Crippen molar-refractivity contribution in [2.45, 2.75) is 123 Å². The average molecular weight is 593 g/mol. The molecular weight excluding hydrogens is 533 g/mol. The number of hydrogen-bond donors (Lipinski definition) is 1. The Morgan fingerprint density at radius 2 is 1.32 bits per heavy atom. The quantitative estimate of drug-likeness (QED) is 0.0353. The zero-order chi connectivity index (χ0) is 30.1. The molecule has 1 unspecified atom stereocenters. The number of carbonyl (C=O) groups is 2. The molecule has 10 heteroatoms. The Bertz CT molecular complexity index is 723. The molecule has 0 bridgehead atoms. The minimum Gasteiger partial charge on any atom is -0.462 e.